The van der Waals surface area contributed by atoms with Crippen LogP contribution in [0.4, 0.5) is 23.1 Å². The van der Waals surface area contributed by atoms with E-state index in [0.717, 1.165) is 23.5 Å². The number of anilines is 4. The lowest BCUT2D eigenvalue weighted by molar-refractivity contribution is 0.745. The summed E-state index contributed by atoms with van der Waals surface area (Å²) in [7, 11) is 0. The Bertz CT molecular complexity index is 927. The van der Waals surface area contributed by atoms with Crippen molar-refractivity contribution in [1.82, 2.24) is 15.2 Å². The molecule has 0 spiro atoms. The van der Waals surface area contributed by atoms with E-state index in [2.05, 4.69) is 56.6 Å². The summed E-state index contributed by atoms with van der Waals surface area (Å²) in [5.41, 5.74) is 4.46. The van der Waals surface area contributed by atoms with Crippen LogP contribution in [-0.4, -0.2) is 21.2 Å². The van der Waals surface area contributed by atoms with E-state index >= 15 is 0 Å². The topological polar surface area (TPSA) is 53.9 Å². The molecule has 0 fully saturated rings. The number of para-hydroxylation sites is 1. The summed E-state index contributed by atoms with van der Waals surface area (Å²) < 4.78 is 0. The fourth-order valence-electron chi connectivity index (χ4n) is 3.27. The third kappa shape index (κ3) is 3.03. The highest BCUT2D eigenvalue weighted by molar-refractivity contribution is 6.30. The molecule has 4 rings (SSSR count). The molecule has 0 saturated carbocycles. The summed E-state index contributed by atoms with van der Waals surface area (Å²) in [6.07, 6.45) is 2.71. The zero-order chi connectivity index (χ0) is 17.4. The van der Waals surface area contributed by atoms with Crippen LogP contribution in [0.5, 0.6) is 0 Å². The molecule has 1 aliphatic heterocycles. The molecule has 1 N–H and O–H groups in total. The molecule has 2 aromatic carbocycles. The smallest absolute Gasteiger partial charge is 0.249 e. The summed E-state index contributed by atoms with van der Waals surface area (Å²) in [6, 6.07) is 14.4. The average Bonchev–Trinajstić information content (AvgIpc) is 2.93. The maximum atomic E-state index is 6.02. The number of benzene rings is 2. The Labute approximate surface area is 151 Å². The van der Waals surface area contributed by atoms with Crippen molar-refractivity contribution in [1.29, 1.82) is 0 Å². The van der Waals surface area contributed by atoms with Crippen molar-refractivity contribution in [2.75, 3.05) is 10.2 Å². The highest BCUT2D eigenvalue weighted by Gasteiger charge is 2.28. The molecule has 6 heteroatoms. The van der Waals surface area contributed by atoms with Crippen LogP contribution in [-0.2, 0) is 6.42 Å². The van der Waals surface area contributed by atoms with Gasteiger partial charge in [0.05, 0.1) is 6.20 Å². The average molecular weight is 352 g/mol. The lowest BCUT2D eigenvalue weighted by Gasteiger charge is -2.23. The first-order chi connectivity index (χ1) is 12.1. The fraction of sp³-hybridized carbons (Fsp3) is 0.211. The van der Waals surface area contributed by atoms with Crippen LogP contribution >= 0.6 is 11.6 Å². The number of halogens is 1. The van der Waals surface area contributed by atoms with Gasteiger partial charge in [0.1, 0.15) is 0 Å². The molecule has 25 heavy (non-hydrogen) atoms. The fourth-order valence-corrected chi connectivity index (χ4v) is 3.49. The molecule has 0 saturated heterocycles. The lowest BCUT2D eigenvalue weighted by Crippen LogP contribution is -2.25. The van der Waals surface area contributed by atoms with Crippen LogP contribution in [0.25, 0.3) is 0 Å². The SMILES string of the molecule is Cc1cc(Cl)ccc1Nc1nncc(N2c3ccccc3CC2C)n1. The third-order valence-electron chi connectivity index (χ3n) is 4.44. The molecule has 126 valence electrons. The molecule has 5 nitrogen and oxygen atoms in total. The zero-order valence-corrected chi connectivity index (χ0v) is 14.8. The van der Waals surface area contributed by atoms with Crippen molar-refractivity contribution in [2.45, 2.75) is 26.3 Å². The zero-order valence-electron chi connectivity index (χ0n) is 14.1. The van der Waals surface area contributed by atoms with Gasteiger partial charge in [-0.3, -0.25) is 0 Å². The van der Waals surface area contributed by atoms with Crippen molar-refractivity contribution in [2.24, 2.45) is 0 Å². The van der Waals surface area contributed by atoms with E-state index in [4.69, 9.17) is 11.6 Å². The highest BCUT2D eigenvalue weighted by atomic mass is 35.5. The number of aryl methyl sites for hydroxylation is 1. The van der Waals surface area contributed by atoms with E-state index in [0.29, 0.717) is 17.0 Å². The molecule has 0 bridgehead atoms. The first kappa shape index (κ1) is 15.8. The van der Waals surface area contributed by atoms with Gasteiger partial charge in [-0.05, 0) is 55.7 Å². The van der Waals surface area contributed by atoms with Gasteiger partial charge in [-0.25, -0.2) is 0 Å². The van der Waals surface area contributed by atoms with Crippen molar-refractivity contribution in [3.05, 3.63) is 64.8 Å². The molecule has 0 radical (unpaired) electrons. The molecular formula is C19H18ClN5. The summed E-state index contributed by atoms with van der Waals surface area (Å²) in [5, 5.41) is 12.2. The number of fused-ring (bicyclic) bond motifs is 1. The standard InChI is InChI=1S/C19H18ClN5/c1-12-9-15(20)7-8-16(12)22-19-23-18(11-21-24-19)25-13(2)10-14-5-3-4-6-17(14)25/h3-9,11,13H,10H2,1-2H3,(H,22,23,24). The first-order valence-electron chi connectivity index (χ1n) is 8.22. The van der Waals surface area contributed by atoms with E-state index in [1.54, 1.807) is 6.20 Å². The van der Waals surface area contributed by atoms with Gasteiger partial charge in [0.2, 0.25) is 5.95 Å². The minimum Gasteiger partial charge on any atom is -0.323 e. The molecule has 1 aliphatic rings. The Morgan fingerprint density at radius 1 is 1.20 bits per heavy atom. The maximum absolute atomic E-state index is 6.02. The minimum absolute atomic E-state index is 0.333. The van der Waals surface area contributed by atoms with Gasteiger partial charge in [0, 0.05) is 22.4 Å². The maximum Gasteiger partial charge on any atom is 0.249 e. The van der Waals surface area contributed by atoms with Crippen LogP contribution in [0.2, 0.25) is 5.02 Å². The largest absolute Gasteiger partial charge is 0.323 e. The van der Waals surface area contributed by atoms with E-state index in [-0.39, 0.29) is 0 Å². The van der Waals surface area contributed by atoms with E-state index in [9.17, 15) is 0 Å². The predicted octanol–water partition coefficient (Wildman–Crippen LogP) is 4.66. The van der Waals surface area contributed by atoms with E-state index < -0.39 is 0 Å². The van der Waals surface area contributed by atoms with Crippen molar-refractivity contribution in [3.63, 3.8) is 0 Å². The normalized spacial score (nSPS) is 16.0. The van der Waals surface area contributed by atoms with Crippen molar-refractivity contribution in [3.8, 4) is 0 Å². The number of aromatic nitrogens is 3. The second-order valence-electron chi connectivity index (χ2n) is 6.27. The Balaban J connectivity index is 1.66. The molecule has 1 unspecified atom stereocenters. The van der Waals surface area contributed by atoms with Gasteiger partial charge >= 0.3 is 0 Å². The predicted molar refractivity (Wildman–Crippen MR) is 101 cm³/mol. The number of nitrogens with one attached hydrogen (secondary N) is 1. The quantitative estimate of drug-likeness (QED) is 0.743. The molecule has 1 atom stereocenters. The number of hydrogen-bond acceptors (Lipinski definition) is 5. The Morgan fingerprint density at radius 3 is 2.88 bits per heavy atom. The van der Waals surface area contributed by atoms with Crippen LogP contribution in [0.15, 0.2) is 48.7 Å². The summed E-state index contributed by atoms with van der Waals surface area (Å²) in [6.45, 7) is 4.18. The first-order valence-corrected chi connectivity index (χ1v) is 8.59. The number of rotatable bonds is 3. The van der Waals surface area contributed by atoms with Gasteiger partial charge < -0.3 is 10.2 Å². The van der Waals surface area contributed by atoms with Crippen molar-refractivity contribution < 1.29 is 0 Å². The van der Waals surface area contributed by atoms with Crippen molar-refractivity contribution >= 4 is 34.7 Å². The number of nitrogens with zero attached hydrogens (tertiary/aromatic N) is 4. The molecule has 0 aliphatic carbocycles. The highest BCUT2D eigenvalue weighted by Crippen LogP contribution is 2.37. The monoisotopic (exact) mass is 351 g/mol. The van der Waals surface area contributed by atoms with Gasteiger partial charge in [0.25, 0.3) is 0 Å². The third-order valence-corrected chi connectivity index (χ3v) is 4.67. The van der Waals surface area contributed by atoms with Crippen LogP contribution < -0.4 is 10.2 Å². The van der Waals surface area contributed by atoms with Crippen LogP contribution in [0.3, 0.4) is 0 Å². The summed E-state index contributed by atoms with van der Waals surface area (Å²) in [4.78, 5) is 6.88. The van der Waals surface area contributed by atoms with Gasteiger partial charge in [-0.2, -0.15) is 10.1 Å². The Kier molecular flexibility index (Phi) is 4.01. The van der Waals surface area contributed by atoms with Crippen LogP contribution in [0, 0.1) is 6.92 Å². The molecule has 3 aromatic rings. The second-order valence-corrected chi connectivity index (χ2v) is 6.71. The van der Waals surface area contributed by atoms with Crippen LogP contribution in [0.1, 0.15) is 18.1 Å². The minimum atomic E-state index is 0.333. The van der Waals surface area contributed by atoms with Gasteiger partial charge in [-0.15, -0.1) is 5.10 Å². The molecular weight excluding hydrogens is 334 g/mol. The summed E-state index contributed by atoms with van der Waals surface area (Å²) >= 11 is 6.02. The van der Waals surface area contributed by atoms with E-state index in [1.165, 1.54) is 11.3 Å². The number of hydrogen-bond donors (Lipinski definition) is 1. The Morgan fingerprint density at radius 2 is 2.04 bits per heavy atom. The Hall–Kier alpha value is -2.66. The molecule has 1 aromatic heterocycles. The van der Waals surface area contributed by atoms with Gasteiger partial charge in [0.15, 0.2) is 5.82 Å². The second kappa shape index (κ2) is 6.33. The lowest BCUT2D eigenvalue weighted by atomic mass is 10.1. The molecule has 0 amide bonds. The van der Waals surface area contributed by atoms with E-state index in [1.807, 2.05) is 25.1 Å². The van der Waals surface area contributed by atoms with Gasteiger partial charge in [-0.1, -0.05) is 29.8 Å². The molecule has 2 heterocycles. The summed E-state index contributed by atoms with van der Waals surface area (Å²) in [5.74, 6) is 1.26.